The van der Waals surface area contributed by atoms with Crippen LogP contribution >= 0.6 is 0 Å². The van der Waals surface area contributed by atoms with Gasteiger partial charge in [-0.25, -0.2) is 4.79 Å². The van der Waals surface area contributed by atoms with Crippen LogP contribution in [0.3, 0.4) is 0 Å². The molecule has 148 valence electrons. The van der Waals surface area contributed by atoms with Crippen LogP contribution in [0.4, 0.5) is 5.69 Å². The van der Waals surface area contributed by atoms with Crippen molar-refractivity contribution >= 4 is 23.5 Å². The summed E-state index contributed by atoms with van der Waals surface area (Å²) in [5, 5.41) is 12.1. The third kappa shape index (κ3) is 6.33. The van der Waals surface area contributed by atoms with Gasteiger partial charge in [-0.05, 0) is 37.5 Å². The quantitative estimate of drug-likeness (QED) is 0.635. The second-order valence-corrected chi connectivity index (χ2v) is 6.33. The predicted octanol–water partition coefficient (Wildman–Crippen LogP) is 1.76. The van der Waals surface area contributed by atoms with Gasteiger partial charge >= 0.3 is 5.97 Å². The van der Waals surface area contributed by atoms with Crippen LogP contribution in [0.1, 0.15) is 36.0 Å². The van der Waals surface area contributed by atoms with Crippen LogP contribution < -0.4 is 5.32 Å². The first-order valence-corrected chi connectivity index (χ1v) is 9.03. The molecule has 1 atom stereocenters. The second kappa shape index (κ2) is 10.6. The number of carboxylic acid groups (broad SMARTS) is 1. The minimum Gasteiger partial charge on any atom is -0.480 e. The monoisotopic (exact) mass is 378 g/mol. The summed E-state index contributed by atoms with van der Waals surface area (Å²) in [5.41, 5.74) is 0.851. The van der Waals surface area contributed by atoms with Gasteiger partial charge in [-0.2, -0.15) is 0 Å². The Morgan fingerprint density at radius 1 is 1.22 bits per heavy atom. The molecule has 0 aromatic heterocycles. The van der Waals surface area contributed by atoms with E-state index in [1.165, 1.54) is 4.90 Å². The molecular formula is C19H26N2O6. The molecule has 1 aliphatic rings. The molecule has 1 aliphatic heterocycles. The minimum atomic E-state index is -0.985. The van der Waals surface area contributed by atoms with Gasteiger partial charge in [0, 0.05) is 24.9 Å². The number of hydrogen-bond acceptors (Lipinski definition) is 5. The number of likely N-dealkylation sites (tertiary alicyclic amines) is 1. The highest BCUT2D eigenvalue weighted by atomic mass is 16.5. The Balaban J connectivity index is 1.94. The van der Waals surface area contributed by atoms with Crippen molar-refractivity contribution in [3.63, 3.8) is 0 Å². The lowest BCUT2D eigenvalue weighted by molar-refractivity contribution is -0.143. The molecule has 0 radical (unpaired) electrons. The van der Waals surface area contributed by atoms with E-state index in [0.29, 0.717) is 37.4 Å². The summed E-state index contributed by atoms with van der Waals surface area (Å²) in [4.78, 5) is 37.5. The van der Waals surface area contributed by atoms with Crippen molar-refractivity contribution in [1.29, 1.82) is 0 Å². The summed E-state index contributed by atoms with van der Waals surface area (Å²) >= 11 is 0. The third-order valence-electron chi connectivity index (χ3n) is 4.35. The number of amides is 2. The van der Waals surface area contributed by atoms with Crippen molar-refractivity contribution in [2.24, 2.45) is 0 Å². The van der Waals surface area contributed by atoms with Crippen LogP contribution in [-0.2, 0) is 19.1 Å². The molecule has 8 heteroatoms. The van der Waals surface area contributed by atoms with Crippen molar-refractivity contribution < 1.29 is 29.0 Å². The van der Waals surface area contributed by atoms with E-state index in [0.717, 1.165) is 12.8 Å². The van der Waals surface area contributed by atoms with Gasteiger partial charge in [-0.15, -0.1) is 0 Å². The highest BCUT2D eigenvalue weighted by Gasteiger charge is 2.32. The van der Waals surface area contributed by atoms with Crippen LogP contribution in [0.5, 0.6) is 0 Å². The van der Waals surface area contributed by atoms with Crippen molar-refractivity contribution in [2.45, 2.75) is 31.7 Å². The molecule has 2 rings (SSSR count). The average molecular weight is 378 g/mol. The van der Waals surface area contributed by atoms with Crippen molar-refractivity contribution in [1.82, 2.24) is 4.90 Å². The number of hydrogen-bond donors (Lipinski definition) is 2. The lowest BCUT2D eigenvalue weighted by atomic mass is 10.0. The zero-order valence-corrected chi connectivity index (χ0v) is 15.5. The number of nitrogens with zero attached hydrogens (tertiary/aromatic N) is 1. The fourth-order valence-corrected chi connectivity index (χ4v) is 2.96. The van der Waals surface area contributed by atoms with Gasteiger partial charge < -0.3 is 24.8 Å². The molecule has 2 amide bonds. The van der Waals surface area contributed by atoms with E-state index < -0.39 is 12.0 Å². The molecule has 1 aromatic carbocycles. The molecule has 0 saturated carbocycles. The summed E-state index contributed by atoms with van der Waals surface area (Å²) in [6.07, 6.45) is 2.23. The highest BCUT2D eigenvalue weighted by Crippen LogP contribution is 2.21. The van der Waals surface area contributed by atoms with Crippen molar-refractivity contribution in [3.05, 3.63) is 29.8 Å². The maximum Gasteiger partial charge on any atom is 0.326 e. The Morgan fingerprint density at radius 3 is 2.78 bits per heavy atom. The zero-order chi connectivity index (χ0) is 19.6. The molecule has 1 fully saturated rings. The van der Waals surface area contributed by atoms with E-state index in [-0.39, 0.29) is 24.8 Å². The van der Waals surface area contributed by atoms with E-state index >= 15 is 0 Å². The van der Waals surface area contributed by atoms with Crippen molar-refractivity contribution in [2.75, 3.05) is 38.8 Å². The number of aliphatic carboxylic acids is 1. The Morgan fingerprint density at radius 2 is 2.04 bits per heavy atom. The summed E-state index contributed by atoms with van der Waals surface area (Å²) in [5.74, 6) is -1.54. The molecule has 1 aromatic rings. The standard InChI is InChI=1S/C19H26N2O6/c1-26-11-12-27-10-8-17(22)20-15-6-4-5-14(13-15)18(23)21-9-3-2-7-16(21)19(24)25/h4-6,13,16H,2-3,7-12H2,1H3,(H,20,22)(H,24,25). The highest BCUT2D eigenvalue weighted by molar-refractivity contribution is 5.99. The summed E-state index contributed by atoms with van der Waals surface area (Å²) in [6, 6.07) is 5.75. The fourth-order valence-electron chi connectivity index (χ4n) is 2.96. The Hall–Kier alpha value is -2.45. The van der Waals surface area contributed by atoms with Gasteiger partial charge in [0.25, 0.3) is 5.91 Å². The smallest absolute Gasteiger partial charge is 0.326 e. The molecule has 0 spiro atoms. The first-order chi connectivity index (χ1) is 13.0. The number of carbonyl (C=O) groups excluding carboxylic acids is 2. The number of piperidine rings is 1. The van der Waals surface area contributed by atoms with Gasteiger partial charge in [0.15, 0.2) is 0 Å². The molecule has 8 nitrogen and oxygen atoms in total. The summed E-state index contributed by atoms with van der Waals surface area (Å²) in [6.45, 7) is 1.60. The van der Waals surface area contributed by atoms with Gasteiger partial charge in [0.05, 0.1) is 26.2 Å². The first-order valence-electron chi connectivity index (χ1n) is 9.03. The van der Waals surface area contributed by atoms with E-state index in [2.05, 4.69) is 5.32 Å². The molecule has 0 bridgehead atoms. The number of carbonyl (C=O) groups is 3. The van der Waals surface area contributed by atoms with E-state index in [1.54, 1.807) is 31.4 Å². The zero-order valence-electron chi connectivity index (χ0n) is 15.5. The van der Waals surface area contributed by atoms with Crippen LogP contribution in [0.15, 0.2) is 24.3 Å². The molecule has 0 aliphatic carbocycles. The van der Waals surface area contributed by atoms with E-state index in [9.17, 15) is 19.5 Å². The second-order valence-electron chi connectivity index (χ2n) is 6.33. The number of rotatable bonds is 9. The molecule has 27 heavy (non-hydrogen) atoms. The predicted molar refractivity (Wildman–Crippen MR) is 98.7 cm³/mol. The number of methoxy groups -OCH3 is 1. The molecule has 1 saturated heterocycles. The number of ether oxygens (including phenoxy) is 2. The van der Waals surface area contributed by atoms with Gasteiger partial charge in [-0.1, -0.05) is 6.07 Å². The Bertz CT molecular complexity index is 663. The third-order valence-corrected chi connectivity index (χ3v) is 4.35. The molecule has 1 unspecified atom stereocenters. The number of nitrogens with one attached hydrogen (secondary N) is 1. The van der Waals surface area contributed by atoms with Gasteiger partial charge in [0.2, 0.25) is 5.91 Å². The van der Waals surface area contributed by atoms with Crippen LogP contribution in [0, 0.1) is 0 Å². The first kappa shape index (κ1) is 20.9. The van der Waals surface area contributed by atoms with E-state index in [4.69, 9.17) is 9.47 Å². The Labute approximate surface area is 158 Å². The average Bonchev–Trinajstić information content (AvgIpc) is 2.67. The maximum atomic E-state index is 12.7. The SMILES string of the molecule is COCCOCCC(=O)Nc1cccc(C(=O)N2CCCCC2C(=O)O)c1. The van der Waals surface area contributed by atoms with Crippen molar-refractivity contribution in [3.8, 4) is 0 Å². The molecular weight excluding hydrogens is 352 g/mol. The Kier molecular flexibility index (Phi) is 8.22. The largest absolute Gasteiger partial charge is 0.480 e. The number of anilines is 1. The minimum absolute atomic E-state index is 0.190. The lowest BCUT2D eigenvalue weighted by Gasteiger charge is -2.33. The van der Waals surface area contributed by atoms with Crippen LogP contribution in [0.25, 0.3) is 0 Å². The van der Waals surface area contributed by atoms with Gasteiger partial charge in [-0.3, -0.25) is 9.59 Å². The summed E-state index contributed by atoms with van der Waals surface area (Å²) in [7, 11) is 1.58. The van der Waals surface area contributed by atoms with Gasteiger partial charge in [0.1, 0.15) is 6.04 Å². The lowest BCUT2D eigenvalue weighted by Crippen LogP contribution is -2.48. The fraction of sp³-hybridized carbons (Fsp3) is 0.526. The summed E-state index contributed by atoms with van der Waals surface area (Å²) < 4.78 is 10.1. The normalized spacial score (nSPS) is 16.8. The maximum absolute atomic E-state index is 12.7. The van der Waals surface area contributed by atoms with Crippen LogP contribution in [0.2, 0.25) is 0 Å². The number of carboxylic acids is 1. The molecule has 1 heterocycles. The number of benzene rings is 1. The molecule has 2 N–H and O–H groups in total. The van der Waals surface area contributed by atoms with Crippen LogP contribution in [-0.4, -0.2) is 67.3 Å². The topological polar surface area (TPSA) is 105 Å². The van der Waals surface area contributed by atoms with E-state index in [1.807, 2.05) is 0 Å².